The van der Waals surface area contributed by atoms with Gasteiger partial charge in [0.2, 0.25) is 0 Å². The minimum Gasteiger partial charge on any atom is -0.389 e. The van der Waals surface area contributed by atoms with Gasteiger partial charge < -0.3 is 14.8 Å². The topological polar surface area (TPSA) is 58.3 Å². The van der Waals surface area contributed by atoms with Gasteiger partial charge in [0, 0.05) is 25.2 Å². The van der Waals surface area contributed by atoms with E-state index in [4.69, 9.17) is 0 Å². The lowest BCUT2D eigenvalue weighted by Crippen LogP contribution is -2.22. The van der Waals surface area contributed by atoms with Crippen molar-refractivity contribution >= 4 is 12.6 Å². The van der Waals surface area contributed by atoms with Crippen LogP contribution < -0.4 is 0 Å². The maximum Gasteiger partial charge on any atom is 0.140 e. The summed E-state index contributed by atoms with van der Waals surface area (Å²) in [6.07, 6.45) is 1.46. The summed E-state index contributed by atoms with van der Waals surface area (Å²) in [5.41, 5.74) is 0. The zero-order chi connectivity index (χ0) is 9.14. The molecule has 4 nitrogen and oxygen atoms in total. The van der Waals surface area contributed by atoms with Gasteiger partial charge in [0.15, 0.2) is 0 Å². The highest BCUT2D eigenvalue weighted by Gasteiger charge is 2.20. The summed E-state index contributed by atoms with van der Waals surface area (Å²) in [7, 11) is 1.76. The standard InChI is InChI=1S/C7H12N2O2S/c1-9-3-2-8-7(9)6(11)5(10)4-12/h2-3,5-6,10-12H,4H2,1H3. The van der Waals surface area contributed by atoms with Gasteiger partial charge in [0.25, 0.3) is 0 Å². The predicted molar refractivity (Wildman–Crippen MR) is 48.0 cm³/mol. The van der Waals surface area contributed by atoms with Gasteiger partial charge in [0.05, 0.1) is 6.10 Å². The van der Waals surface area contributed by atoms with Crippen LogP contribution in [0.4, 0.5) is 0 Å². The highest BCUT2D eigenvalue weighted by atomic mass is 32.1. The molecule has 0 bridgehead atoms. The molecule has 0 aromatic carbocycles. The van der Waals surface area contributed by atoms with Crippen molar-refractivity contribution in [3.8, 4) is 0 Å². The van der Waals surface area contributed by atoms with E-state index in [2.05, 4.69) is 17.6 Å². The van der Waals surface area contributed by atoms with Crippen molar-refractivity contribution in [1.82, 2.24) is 9.55 Å². The first-order valence-corrected chi connectivity index (χ1v) is 4.24. The zero-order valence-electron chi connectivity index (χ0n) is 6.75. The molecule has 0 aliphatic carbocycles. The Kier molecular flexibility index (Phi) is 3.13. The van der Waals surface area contributed by atoms with Crippen molar-refractivity contribution in [1.29, 1.82) is 0 Å². The second-order valence-electron chi connectivity index (χ2n) is 2.59. The first-order chi connectivity index (χ1) is 5.66. The Morgan fingerprint density at radius 2 is 2.33 bits per heavy atom. The molecule has 0 radical (unpaired) electrons. The summed E-state index contributed by atoms with van der Waals surface area (Å²) in [5, 5.41) is 18.7. The van der Waals surface area contributed by atoms with E-state index < -0.39 is 12.2 Å². The van der Waals surface area contributed by atoms with Crippen LogP contribution in [0, 0.1) is 0 Å². The average molecular weight is 188 g/mol. The van der Waals surface area contributed by atoms with Gasteiger partial charge >= 0.3 is 0 Å². The molecule has 1 heterocycles. The number of rotatable bonds is 3. The number of aliphatic hydroxyl groups excluding tert-OH is 2. The van der Waals surface area contributed by atoms with E-state index in [0.29, 0.717) is 5.82 Å². The summed E-state index contributed by atoms with van der Waals surface area (Å²) in [6, 6.07) is 0. The van der Waals surface area contributed by atoms with Gasteiger partial charge in [-0.3, -0.25) is 0 Å². The second-order valence-corrected chi connectivity index (χ2v) is 2.96. The van der Waals surface area contributed by atoms with Crippen LogP contribution in [0.25, 0.3) is 0 Å². The summed E-state index contributed by atoms with van der Waals surface area (Å²) in [6.45, 7) is 0. The van der Waals surface area contributed by atoms with E-state index in [-0.39, 0.29) is 5.75 Å². The van der Waals surface area contributed by atoms with Crippen LogP contribution in [0.5, 0.6) is 0 Å². The molecule has 12 heavy (non-hydrogen) atoms. The fourth-order valence-electron chi connectivity index (χ4n) is 0.934. The summed E-state index contributed by atoms with van der Waals surface area (Å²) in [4.78, 5) is 3.90. The van der Waals surface area contributed by atoms with Crippen LogP contribution in [0.3, 0.4) is 0 Å². The number of nitrogens with zero attached hydrogens (tertiary/aromatic N) is 2. The van der Waals surface area contributed by atoms with Crippen molar-refractivity contribution in [3.05, 3.63) is 18.2 Å². The Morgan fingerprint density at radius 1 is 1.67 bits per heavy atom. The molecule has 0 spiro atoms. The molecule has 0 fully saturated rings. The quantitative estimate of drug-likeness (QED) is 0.573. The molecule has 2 atom stereocenters. The van der Waals surface area contributed by atoms with Crippen LogP contribution in [0.15, 0.2) is 12.4 Å². The number of aliphatic hydroxyl groups is 2. The average Bonchev–Trinajstić information content (AvgIpc) is 2.48. The number of hydrogen-bond donors (Lipinski definition) is 3. The third kappa shape index (κ3) is 1.80. The number of hydrogen-bond acceptors (Lipinski definition) is 4. The summed E-state index contributed by atoms with van der Waals surface area (Å²) in [5.74, 6) is 0.671. The minimum atomic E-state index is -0.956. The fourth-order valence-corrected chi connectivity index (χ4v) is 1.13. The van der Waals surface area contributed by atoms with Gasteiger partial charge in [0.1, 0.15) is 11.9 Å². The van der Waals surface area contributed by atoms with Gasteiger partial charge in [-0.1, -0.05) is 0 Å². The molecule has 1 aromatic heterocycles. The first-order valence-electron chi connectivity index (χ1n) is 3.61. The molecule has 2 N–H and O–H groups in total. The van der Waals surface area contributed by atoms with Crippen molar-refractivity contribution in [2.75, 3.05) is 5.75 Å². The third-order valence-electron chi connectivity index (χ3n) is 1.67. The van der Waals surface area contributed by atoms with Crippen LogP contribution >= 0.6 is 12.6 Å². The van der Waals surface area contributed by atoms with Crippen molar-refractivity contribution in [3.63, 3.8) is 0 Å². The smallest absolute Gasteiger partial charge is 0.140 e. The van der Waals surface area contributed by atoms with E-state index in [1.54, 1.807) is 24.0 Å². The van der Waals surface area contributed by atoms with Crippen molar-refractivity contribution in [2.45, 2.75) is 12.2 Å². The van der Waals surface area contributed by atoms with E-state index in [1.165, 1.54) is 0 Å². The number of thiol groups is 1. The first kappa shape index (κ1) is 9.57. The summed E-state index contributed by atoms with van der Waals surface area (Å²) < 4.78 is 1.66. The lowest BCUT2D eigenvalue weighted by molar-refractivity contribution is 0.0264. The fraction of sp³-hybridized carbons (Fsp3) is 0.571. The molecule has 1 aromatic rings. The molecule has 0 amide bonds. The lowest BCUT2D eigenvalue weighted by atomic mass is 10.2. The highest BCUT2D eigenvalue weighted by Crippen LogP contribution is 2.14. The van der Waals surface area contributed by atoms with Gasteiger partial charge in [-0.2, -0.15) is 12.6 Å². The third-order valence-corrected chi connectivity index (χ3v) is 2.05. The van der Waals surface area contributed by atoms with E-state index in [1.807, 2.05) is 0 Å². The Hall–Kier alpha value is -0.520. The van der Waals surface area contributed by atoms with Crippen molar-refractivity contribution < 1.29 is 10.2 Å². The summed E-state index contributed by atoms with van der Waals surface area (Å²) >= 11 is 3.87. The van der Waals surface area contributed by atoms with Crippen LogP contribution in [-0.2, 0) is 7.05 Å². The van der Waals surface area contributed by atoms with E-state index in [9.17, 15) is 10.2 Å². The van der Waals surface area contributed by atoms with Crippen LogP contribution in [0.2, 0.25) is 0 Å². The normalized spacial score (nSPS) is 16.0. The van der Waals surface area contributed by atoms with Gasteiger partial charge in [-0.05, 0) is 0 Å². The second kappa shape index (κ2) is 3.93. The Morgan fingerprint density at radius 3 is 2.75 bits per heavy atom. The Bertz CT molecular complexity index is 251. The molecule has 5 heteroatoms. The lowest BCUT2D eigenvalue weighted by Gasteiger charge is -2.14. The molecule has 1 rings (SSSR count). The molecule has 0 aliphatic heterocycles. The monoisotopic (exact) mass is 188 g/mol. The largest absolute Gasteiger partial charge is 0.389 e. The molecule has 2 unspecified atom stereocenters. The maximum atomic E-state index is 9.48. The predicted octanol–water partition coefficient (Wildman–Crippen LogP) is -0.256. The van der Waals surface area contributed by atoms with Crippen LogP contribution in [-0.4, -0.2) is 31.6 Å². The Labute approximate surface area is 76.3 Å². The van der Waals surface area contributed by atoms with E-state index >= 15 is 0 Å². The number of imidazole rings is 1. The SMILES string of the molecule is Cn1ccnc1C(O)C(O)CS. The molecule has 0 aliphatic rings. The Balaban J connectivity index is 2.77. The number of aryl methyl sites for hydroxylation is 1. The molecule has 68 valence electrons. The molecule has 0 saturated heterocycles. The van der Waals surface area contributed by atoms with Crippen LogP contribution in [0.1, 0.15) is 11.9 Å². The van der Waals surface area contributed by atoms with Crippen molar-refractivity contribution in [2.24, 2.45) is 7.05 Å². The maximum absolute atomic E-state index is 9.48. The molecular weight excluding hydrogens is 176 g/mol. The minimum absolute atomic E-state index is 0.216. The van der Waals surface area contributed by atoms with Gasteiger partial charge in [-0.15, -0.1) is 0 Å². The highest BCUT2D eigenvalue weighted by molar-refractivity contribution is 7.80. The molecular formula is C7H12N2O2S. The molecule has 0 saturated carbocycles. The number of aromatic nitrogens is 2. The zero-order valence-corrected chi connectivity index (χ0v) is 7.65. The van der Waals surface area contributed by atoms with E-state index in [0.717, 1.165) is 0 Å². The van der Waals surface area contributed by atoms with Gasteiger partial charge in [-0.25, -0.2) is 4.98 Å².